The number of carbonyl (C=O) groups is 1. The lowest BCUT2D eigenvalue weighted by atomic mass is 9.97. The van der Waals surface area contributed by atoms with Crippen molar-refractivity contribution < 1.29 is 14.3 Å². The second-order valence-corrected chi connectivity index (χ2v) is 6.65. The maximum atomic E-state index is 12.3. The molecule has 7 heteroatoms. The molecular weight excluding hydrogens is 354 g/mol. The van der Waals surface area contributed by atoms with Crippen molar-refractivity contribution in [1.82, 2.24) is 15.5 Å². The number of para-hydroxylation sites is 1. The lowest BCUT2D eigenvalue weighted by Gasteiger charge is -2.26. The van der Waals surface area contributed by atoms with Crippen LogP contribution in [0.4, 0.5) is 0 Å². The van der Waals surface area contributed by atoms with E-state index in [1.54, 1.807) is 0 Å². The molecule has 2 aliphatic rings. The maximum absolute atomic E-state index is 12.3. The summed E-state index contributed by atoms with van der Waals surface area (Å²) in [6, 6.07) is 7.96. The first-order valence-corrected chi connectivity index (χ1v) is 9.32. The van der Waals surface area contributed by atoms with E-state index in [4.69, 9.17) is 9.47 Å². The Morgan fingerprint density at radius 3 is 2.73 bits per heavy atom. The van der Waals surface area contributed by atoms with Crippen LogP contribution in [0.5, 0.6) is 5.75 Å². The number of rotatable bonds is 7. The molecule has 1 aromatic carbocycles. The number of benzene rings is 1. The molecule has 1 amide bonds. The zero-order valence-electron chi connectivity index (χ0n) is 15.2. The Morgan fingerprint density at radius 1 is 1.23 bits per heavy atom. The number of nitrogens with zero attached hydrogens (tertiary/aromatic N) is 1. The molecule has 2 N–H and O–H groups in total. The van der Waals surface area contributed by atoms with Crippen molar-refractivity contribution in [3.63, 3.8) is 0 Å². The SMILES string of the molecule is Cl.O=C(NCc1ccccc1OCCN1CCOCC1)C1CCNCC1. The van der Waals surface area contributed by atoms with Crippen LogP contribution in [0.25, 0.3) is 0 Å². The van der Waals surface area contributed by atoms with Gasteiger partial charge in [-0.2, -0.15) is 0 Å². The van der Waals surface area contributed by atoms with Gasteiger partial charge in [0, 0.05) is 37.7 Å². The average Bonchev–Trinajstić information content (AvgIpc) is 2.68. The van der Waals surface area contributed by atoms with Crippen LogP contribution in [-0.2, 0) is 16.1 Å². The van der Waals surface area contributed by atoms with E-state index in [2.05, 4.69) is 15.5 Å². The number of morpholine rings is 1. The minimum absolute atomic E-state index is 0. The van der Waals surface area contributed by atoms with Gasteiger partial charge in [-0.3, -0.25) is 9.69 Å². The second kappa shape index (κ2) is 11.4. The van der Waals surface area contributed by atoms with Crippen molar-refractivity contribution in [2.75, 3.05) is 52.5 Å². The molecule has 0 aromatic heterocycles. The minimum Gasteiger partial charge on any atom is -0.492 e. The summed E-state index contributed by atoms with van der Waals surface area (Å²) in [6.07, 6.45) is 1.84. The Labute approximate surface area is 162 Å². The molecule has 2 fully saturated rings. The van der Waals surface area contributed by atoms with Crippen molar-refractivity contribution in [2.24, 2.45) is 5.92 Å². The summed E-state index contributed by atoms with van der Waals surface area (Å²) in [5, 5.41) is 6.37. The topological polar surface area (TPSA) is 62.8 Å². The standard InChI is InChI=1S/C19H29N3O3.ClH/c23-19(16-5-7-20-8-6-16)21-15-17-3-1-2-4-18(17)25-14-11-22-9-12-24-13-10-22;/h1-4,16,20H,5-15H2,(H,21,23);1H. The molecule has 146 valence electrons. The molecule has 0 unspecified atom stereocenters. The van der Waals surface area contributed by atoms with E-state index in [1.165, 1.54) is 0 Å². The Bertz CT molecular complexity index is 547. The molecule has 0 aliphatic carbocycles. The highest BCUT2D eigenvalue weighted by Crippen LogP contribution is 2.18. The fourth-order valence-corrected chi connectivity index (χ4v) is 3.31. The molecule has 0 radical (unpaired) electrons. The summed E-state index contributed by atoms with van der Waals surface area (Å²) < 4.78 is 11.3. The maximum Gasteiger partial charge on any atom is 0.223 e. The van der Waals surface area contributed by atoms with Crippen LogP contribution < -0.4 is 15.4 Å². The van der Waals surface area contributed by atoms with Gasteiger partial charge in [-0.25, -0.2) is 0 Å². The van der Waals surface area contributed by atoms with Crippen LogP contribution in [0.2, 0.25) is 0 Å². The first kappa shape index (κ1) is 21.0. The second-order valence-electron chi connectivity index (χ2n) is 6.65. The summed E-state index contributed by atoms with van der Waals surface area (Å²) in [6.45, 7) is 7.49. The molecule has 26 heavy (non-hydrogen) atoms. The lowest BCUT2D eigenvalue weighted by molar-refractivity contribution is -0.125. The third-order valence-corrected chi connectivity index (χ3v) is 4.90. The molecule has 2 aliphatic heterocycles. The molecule has 6 nitrogen and oxygen atoms in total. The third-order valence-electron chi connectivity index (χ3n) is 4.90. The predicted molar refractivity (Wildman–Crippen MR) is 104 cm³/mol. The number of piperidine rings is 1. The highest BCUT2D eigenvalue weighted by atomic mass is 35.5. The molecule has 0 spiro atoms. The van der Waals surface area contributed by atoms with Gasteiger partial charge in [0.2, 0.25) is 5.91 Å². The number of nitrogens with one attached hydrogen (secondary N) is 2. The minimum atomic E-state index is 0. The van der Waals surface area contributed by atoms with Crippen LogP contribution in [0.15, 0.2) is 24.3 Å². The highest BCUT2D eigenvalue weighted by Gasteiger charge is 2.20. The fourth-order valence-electron chi connectivity index (χ4n) is 3.31. The molecule has 2 saturated heterocycles. The van der Waals surface area contributed by atoms with Crippen LogP contribution in [0.1, 0.15) is 18.4 Å². The normalized spacial score (nSPS) is 18.8. The van der Waals surface area contributed by atoms with Crippen molar-refractivity contribution >= 4 is 18.3 Å². The summed E-state index contributed by atoms with van der Waals surface area (Å²) in [5.41, 5.74) is 1.03. The van der Waals surface area contributed by atoms with Gasteiger partial charge in [-0.05, 0) is 32.0 Å². The third kappa shape index (κ3) is 6.43. The number of ether oxygens (including phenoxy) is 2. The Balaban J connectivity index is 0.00000243. The molecule has 0 atom stereocenters. The first-order valence-electron chi connectivity index (χ1n) is 9.32. The van der Waals surface area contributed by atoms with Crippen molar-refractivity contribution in [1.29, 1.82) is 0 Å². The molecule has 1 aromatic rings. The summed E-state index contributed by atoms with van der Waals surface area (Å²) in [5.74, 6) is 1.15. The molecule has 3 rings (SSSR count). The molecule has 2 heterocycles. The Morgan fingerprint density at radius 2 is 1.96 bits per heavy atom. The van der Waals surface area contributed by atoms with Gasteiger partial charge in [0.25, 0.3) is 0 Å². The molecular formula is C19H30ClN3O3. The molecule has 0 bridgehead atoms. The predicted octanol–water partition coefficient (Wildman–Crippen LogP) is 1.44. The van der Waals surface area contributed by atoms with Gasteiger partial charge in [0.1, 0.15) is 12.4 Å². The zero-order chi connectivity index (χ0) is 17.3. The number of carbonyl (C=O) groups excluding carboxylic acids is 1. The summed E-state index contributed by atoms with van der Waals surface area (Å²) in [7, 11) is 0. The summed E-state index contributed by atoms with van der Waals surface area (Å²) in [4.78, 5) is 14.7. The fraction of sp³-hybridized carbons (Fsp3) is 0.632. The zero-order valence-corrected chi connectivity index (χ0v) is 16.1. The Kier molecular flexibility index (Phi) is 9.18. The van der Waals surface area contributed by atoms with E-state index >= 15 is 0 Å². The van der Waals surface area contributed by atoms with E-state index in [0.717, 1.165) is 70.1 Å². The Hall–Kier alpha value is -1.34. The van der Waals surface area contributed by atoms with Gasteiger partial charge in [-0.15, -0.1) is 12.4 Å². The highest BCUT2D eigenvalue weighted by molar-refractivity contribution is 5.85. The monoisotopic (exact) mass is 383 g/mol. The first-order chi connectivity index (χ1) is 12.3. The average molecular weight is 384 g/mol. The van der Waals surface area contributed by atoms with Gasteiger partial charge < -0.3 is 20.1 Å². The lowest BCUT2D eigenvalue weighted by Crippen LogP contribution is -2.38. The van der Waals surface area contributed by atoms with Gasteiger partial charge in [0.05, 0.1) is 13.2 Å². The van der Waals surface area contributed by atoms with E-state index in [0.29, 0.717) is 13.2 Å². The number of amides is 1. The number of halogens is 1. The van der Waals surface area contributed by atoms with Gasteiger partial charge >= 0.3 is 0 Å². The van der Waals surface area contributed by atoms with E-state index in [-0.39, 0.29) is 24.2 Å². The van der Waals surface area contributed by atoms with Crippen molar-refractivity contribution in [3.05, 3.63) is 29.8 Å². The smallest absolute Gasteiger partial charge is 0.223 e. The van der Waals surface area contributed by atoms with E-state index < -0.39 is 0 Å². The number of hydrogen-bond acceptors (Lipinski definition) is 5. The summed E-state index contributed by atoms with van der Waals surface area (Å²) >= 11 is 0. The van der Waals surface area contributed by atoms with Crippen LogP contribution in [0.3, 0.4) is 0 Å². The van der Waals surface area contributed by atoms with Crippen LogP contribution >= 0.6 is 12.4 Å². The van der Waals surface area contributed by atoms with E-state index in [9.17, 15) is 4.79 Å². The molecule has 0 saturated carbocycles. The number of hydrogen-bond donors (Lipinski definition) is 2. The quantitative estimate of drug-likeness (QED) is 0.746. The van der Waals surface area contributed by atoms with Crippen molar-refractivity contribution in [3.8, 4) is 5.75 Å². The van der Waals surface area contributed by atoms with E-state index in [1.807, 2.05) is 24.3 Å². The van der Waals surface area contributed by atoms with Gasteiger partial charge in [0.15, 0.2) is 0 Å². The largest absolute Gasteiger partial charge is 0.492 e. The van der Waals surface area contributed by atoms with Crippen LogP contribution in [0, 0.1) is 5.92 Å². The van der Waals surface area contributed by atoms with Crippen LogP contribution in [-0.4, -0.2) is 63.4 Å². The van der Waals surface area contributed by atoms with Gasteiger partial charge in [-0.1, -0.05) is 18.2 Å². The van der Waals surface area contributed by atoms with Crippen molar-refractivity contribution in [2.45, 2.75) is 19.4 Å².